The number of ether oxygens (including phenoxy) is 1. The monoisotopic (exact) mass is 372 g/mol. The van der Waals surface area contributed by atoms with Crippen molar-refractivity contribution in [3.05, 3.63) is 60.2 Å². The van der Waals surface area contributed by atoms with Gasteiger partial charge in [0.25, 0.3) is 0 Å². The average Bonchev–Trinajstić information content (AvgIpc) is 2.64. The van der Waals surface area contributed by atoms with Crippen LogP contribution in [0.3, 0.4) is 0 Å². The molecule has 1 N–H and O–H groups in total. The fourth-order valence-electron chi connectivity index (χ4n) is 2.37. The lowest BCUT2D eigenvalue weighted by Crippen LogP contribution is -2.34. The average molecular weight is 372 g/mol. The van der Waals surface area contributed by atoms with Crippen LogP contribution in [0.1, 0.15) is 12.5 Å². The van der Waals surface area contributed by atoms with Gasteiger partial charge >= 0.3 is 0 Å². The number of carbonyl (C=O) groups is 2. The lowest BCUT2D eigenvalue weighted by atomic mass is 10.2. The molecule has 2 aromatic carbocycles. The Bertz CT molecular complexity index is 705. The van der Waals surface area contributed by atoms with E-state index in [1.54, 1.807) is 7.11 Å². The molecule has 0 unspecified atom stereocenters. The van der Waals surface area contributed by atoms with Crippen LogP contribution in [0.2, 0.25) is 0 Å². The van der Waals surface area contributed by atoms with Gasteiger partial charge in [0, 0.05) is 37.7 Å². The number of carbonyl (C=O) groups excluding carboxylic acids is 2. The van der Waals surface area contributed by atoms with Gasteiger partial charge in [0.15, 0.2) is 0 Å². The highest BCUT2D eigenvalue weighted by molar-refractivity contribution is 8.00. The standard InChI is InChI=1S/C20H24N2O3S/c1-16(23)21-18-8-10-19(11-9-18)26-15-20(24)22(12-13-25-2)14-17-6-4-3-5-7-17/h3-11H,12-15H2,1-2H3,(H,21,23). The summed E-state index contributed by atoms with van der Waals surface area (Å²) in [4.78, 5) is 26.5. The molecular weight excluding hydrogens is 348 g/mol. The Morgan fingerprint density at radius 1 is 1.08 bits per heavy atom. The Balaban J connectivity index is 1.92. The van der Waals surface area contributed by atoms with Crippen LogP contribution >= 0.6 is 11.8 Å². The molecule has 5 nitrogen and oxygen atoms in total. The number of thioether (sulfide) groups is 1. The lowest BCUT2D eigenvalue weighted by molar-refractivity contribution is -0.129. The number of benzene rings is 2. The Morgan fingerprint density at radius 2 is 1.77 bits per heavy atom. The van der Waals surface area contributed by atoms with Crippen LogP contribution in [0.5, 0.6) is 0 Å². The van der Waals surface area contributed by atoms with Crippen molar-refractivity contribution in [3.63, 3.8) is 0 Å². The van der Waals surface area contributed by atoms with Gasteiger partial charge in [-0.3, -0.25) is 9.59 Å². The van der Waals surface area contributed by atoms with Crippen molar-refractivity contribution >= 4 is 29.3 Å². The molecule has 0 radical (unpaired) electrons. The topological polar surface area (TPSA) is 58.6 Å². The minimum Gasteiger partial charge on any atom is -0.383 e. The molecule has 0 heterocycles. The fourth-order valence-corrected chi connectivity index (χ4v) is 3.17. The van der Waals surface area contributed by atoms with E-state index in [2.05, 4.69) is 5.32 Å². The van der Waals surface area contributed by atoms with Gasteiger partial charge in [0.1, 0.15) is 0 Å². The molecule has 0 aliphatic rings. The Kier molecular flexibility index (Phi) is 8.18. The highest BCUT2D eigenvalue weighted by Gasteiger charge is 2.14. The predicted octanol–water partition coefficient (Wildman–Crippen LogP) is 3.41. The molecule has 2 amide bonds. The summed E-state index contributed by atoms with van der Waals surface area (Å²) in [6, 6.07) is 17.4. The third kappa shape index (κ3) is 6.90. The number of hydrogen-bond acceptors (Lipinski definition) is 4. The summed E-state index contributed by atoms with van der Waals surface area (Å²) >= 11 is 1.48. The highest BCUT2D eigenvalue weighted by Crippen LogP contribution is 2.21. The number of nitrogens with zero attached hydrogens (tertiary/aromatic N) is 1. The predicted molar refractivity (Wildman–Crippen MR) is 105 cm³/mol. The number of hydrogen-bond donors (Lipinski definition) is 1. The van der Waals surface area contributed by atoms with E-state index < -0.39 is 0 Å². The van der Waals surface area contributed by atoms with Gasteiger partial charge in [0.2, 0.25) is 11.8 Å². The Hall–Kier alpha value is -2.31. The van der Waals surface area contributed by atoms with Crippen molar-refractivity contribution < 1.29 is 14.3 Å². The molecule has 0 saturated heterocycles. The van der Waals surface area contributed by atoms with E-state index in [-0.39, 0.29) is 11.8 Å². The summed E-state index contributed by atoms with van der Waals surface area (Å²) in [5, 5.41) is 2.73. The van der Waals surface area contributed by atoms with Crippen molar-refractivity contribution in [1.29, 1.82) is 0 Å². The zero-order chi connectivity index (χ0) is 18.8. The Morgan fingerprint density at radius 3 is 2.38 bits per heavy atom. The van der Waals surface area contributed by atoms with Gasteiger partial charge in [-0.25, -0.2) is 0 Å². The summed E-state index contributed by atoms with van der Waals surface area (Å²) in [5.74, 6) is 0.327. The molecule has 0 spiro atoms. The second-order valence-electron chi connectivity index (χ2n) is 5.79. The smallest absolute Gasteiger partial charge is 0.233 e. The van der Waals surface area contributed by atoms with Gasteiger partial charge in [0.05, 0.1) is 12.4 Å². The summed E-state index contributed by atoms with van der Waals surface area (Å²) in [6.45, 7) is 3.12. The number of nitrogens with one attached hydrogen (secondary N) is 1. The molecule has 0 saturated carbocycles. The Labute approximate surface area is 158 Å². The lowest BCUT2D eigenvalue weighted by Gasteiger charge is -2.22. The zero-order valence-corrected chi connectivity index (χ0v) is 15.9. The van der Waals surface area contributed by atoms with E-state index in [9.17, 15) is 9.59 Å². The van der Waals surface area contributed by atoms with E-state index in [1.807, 2.05) is 59.5 Å². The maximum absolute atomic E-state index is 12.6. The second-order valence-corrected chi connectivity index (χ2v) is 6.84. The van der Waals surface area contributed by atoms with Crippen LogP contribution in [-0.2, 0) is 20.9 Å². The van der Waals surface area contributed by atoms with E-state index in [0.29, 0.717) is 25.4 Å². The third-order valence-corrected chi connectivity index (χ3v) is 4.67. The van der Waals surface area contributed by atoms with Crippen molar-refractivity contribution in [2.24, 2.45) is 0 Å². The minimum atomic E-state index is -0.102. The van der Waals surface area contributed by atoms with Crippen LogP contribution in [0.15, 0.2) is 59.5 Å². The summed E-state index contributed by atoms with van der Waals surface area (Å²) in [7, 11) is 1.64. The van der Waals surface area contributed by atoms with Gasteiger partial charge < -0.3 is 15.0 Å². The van der Waals surface area contributed by atoms with Crippen LogP contribution in [0.4, 0.5) is 5.69 Å². The highest BCUT2D eigenvalue weighted by atomic mass is 32.2. The molecule has 26 heavy (non-hydrogen) atoms. The molecule has 0 aliphatic carbocycles. The maximum Gasteiger partial charge on any atom is 0.233 e. The summed E-state index contributed by atoms with van der Waals surface area (Å²) < 4.78 is 5.13. The first-order valence-corrected chi connectivity index (χ1v) is 9.38. The van der Waals surface area contributed by atoms with Crippen molar-refractivity contribution in [2.45, 2.75) is 18.4 Å². The normalized spacial score (nSPS) is 10.4. The third-order valence-electron chi connectivity index (χ3n) is 3.67. The maximum atomic E-state index is 12.6. The van der Waals surface area contributed by atoms with Gasteiger partial charge in [-0.05, 0) is 29.8 Å². The molecule has 2 aromatic rings. The number of anilines is 1. The molecule has 0 atom stereocenters. The van der Waals surface area contributed by atoms with E-state index >= 15 is 0 Å². The van der Waals surface area contributed by atoms with Crippen LogP contribution in [-0.4, -0.2) is 42.7 Å². The number of rotatable bonds is 9. The fraction of sp³-hybridized carbons (Fsp3) is 0.300. The van der Waals surface area contributed by atoms with Crippen LogP contribution in [0.25, 0.3) is 0 Å². The minimum absolute atomic E-state index is 0.0711. The van der Waals surface area contributed by atoms with Gasteiger partial charge in [-0.2, -0.15) is 0 Å². The molecule has 0 aliphatic heterocycles. The van der Waals surface area contributed by atoms with Gasteiger partial charge in [-0.1, -0.05) is 30.3 Å². The molecule has 0 bridgehead atoms. The summed E-state index contributed by atoms with van der Waals surface area (Å²) in [5.41, 5.74) is 1.85. The first-order chi connectivity index (χ1) is 12.6. The zero-order valence-electron chi connectivity index (χ0n) is 15.1. The van der Waals surface area contributed by atoms with Crippen LogP contribution < -0.4 is 5.32 Å². The second kappa shape index (κ2) is 10.6. The van der Waals surface area contributed by atoms with E-state index in [4.69, 9.17) is 4.74 Å². The SMILES string of the molecule is COCCN(Cc1ccccc1)C(=O)CSc1ccc(NC(C)=O)cc1. The van der Waals surface area contributed by atoms with E-state index in [0.717, 1.165) is 16.1 Å². The largest absolute Gasteiger partial charge is 0.383 e. The number of amides is 2. The van der Waals surface area contributed by atoms with Crippen LogP contribution in [0, 0.1) is 0 Å². The first-order valence-electron chi connectivity index (χ1n) is 8.39. The van der Waals surface area contributed by atoms with Crippen molar-refractivity contribution in [3.8, 4) is 0 Å². The van der Waals surface area contributed by atoms with Crippen molar-refractivity contribution in [1.82, 2.24) is 4.90 Å². The number of methoxy groups -OCH3 is 1. The molecule has 0 aromatic heterocycles. The van der Waals surface area contributed by atoms with Crippen molar-refractivity contribution in [2.75, 3.05) is 31.3 Å². The molecule has 2 rings (SSSR count). The molecule has 6 heteroatoms. The molecule has 0 fully saturated rings. The van der Waals surface area contributed by atoms with Gasteiger partial charge in [-0.15, -0.1) is 11.8 Å². The molecule has 138 valence electrons. The molecular formula is C20H24N2O3S. The van der Waals surface area contributed by atoms with E-state index in [1.165, 1.54) is 18.7 Å². The quantitative estimate of drug-likeness (QED) is 0.685. The first kappa shape index (κ1) is 20.0. The summed E-state index contributed by atoms with van der Waals surface area (Å²) in [6.07, 6.45) is 0.